The molecule has 0 bridgehead atoms. The zero-order valence-corrected chi connectivity index (χ0v) is 15.1. The van der Waals surface area contributed by atoms with E-state index < -0.39 is 22.7 Å². The lowest BCUT2D eigenvalue weighted by Crippen LogP contribution is -2.39. The van der Waals surface area contributed by atoms with Gasteiger partial charge in [0.15, 0.2) is 5.82 Å². The molecule has 2 aromatic rings. The molecule has 0 fully saturated rings. The van der Waals surface area contributed by atoms with Crippen LogP contribution in [0.2, 0.25) is 5.02 Å². The molecule has 1 amide bonds. The normalized spacial score (nSPS) is 16.9. The minimum Gasteiger partial charge on any atom is -0.332 e. The van der Waals surface area contributed by atoms with E-state index >= 15 is 0 Å². The number of benzene rings is 1. The number of hydrogen-bond acceptors (Lipinski definition) is 6. The molecule has 0 radical (unpaired) electrons. The summed E-state index contributed by atoms with van der Waals surface area (Å²) in [6.45, 7) is 0.523. The fourth-order valence-corrected chi connectivity index (χ4v) is 3.48. The average molecular weight is 411 g/mol. The number of rotatable bonds is 2. The second kappa shape index (κ2) is 6.95. The van der Waals surface area contributed by atoms with Crippen molar-refractivity contribution in [2.24, 2.45) is 0 Å². The maximum Gasteiger partial charge on any atom is 0.417 e. The quantitative estimate of drug-likeness (QED) is 0.793. The molecule has 2 aliphatic heterocycles. The van der Waals surface area contributed by atoms with Crippen LogP contribution in [0.1, 0.15) is 22.3 Å². The molecule has 0 aliphatic carbocycles. The number of carbonyl (C=O) groups excluding carboxylic acids is 1. The van der Waals surface area contributed by atoms with E-state index in [-0.39, 0.29) is 12.1 Å². The molecule has 28 heavy (non-hydrogen) atoms. The van der Waals surface area contributed by atoms with Crippen LogP contribution in [0.3, 0.4) is 0 Å². The van der Waals surface area contributed by atoms with Gasteiger partial charge in [-0.1, -0.05) is 17.7 Å². The Morgan fingerprint density at radius 2 is 2.07 bits per heavy atom. The Hall–Kier alpha value is -2.85. The number of nitrogens with zero attached hydrogens (tertiary/aromatic N) is 4. The Morgan fingerprint density at radius 1 is 1.25 bits per heavy atom. The van der Waals surface area contributed by atoms with Crippen LogP contribution in [-0.4, -0.2) is 33.9 Å². The van der Waals surface area contributed by atoms with Crippen molar-refractivity contribution >= 4 is 23.3 Å². The van der Waals surface area contributed by atoms with Crippen molar-refractivity contribution in [2.75, 3.05) is 18.1 Å². The van der Waals surface area contributed by atoms with Gasteiger partial charge >= 0.3 is 6.18 Å². The van der Waals surface area contributed by atoms with Crippen LogP contribution in [-0.2, 0) is 6.18 Å². The molecule has 2 N–H and O–H groups in total. The maximum atomic E-state index is 13.1. The zero-order valence-electron chi connectivity index (χ0n) is 14.3. The lowest BCUT2D eigenvalue weighted by molar-refractivity contribution is -0.137. The molecular weight excluding hydrogens is 397 g/mol. The number of hydrazine groups is 2. The van der Waals surface area contributed by atoms with E-state index in [2.05, 4.69) is 20.9 Å². The Balaban J connectivity index is 1.57. The molecule has 1 aromatic heterocycles. The van der Waals surface area contributed by atoms with E-state index in [1.165, 1.54) is 17.0 Å². The van der Waals surface area contributed by atoms with Crippen molar-refractivity contribution in [3.05, 3.63) is 64.3 Å². The van der Waals surface area contributed by atoms with Crippen molar-refractivity contribution in [2.45, 2.75) is 12.6 Å². The van der Waals surface area contributed by atoms with Crippen LogP contribution >= 0.6 is 11.6 Å². The highest BCUT2D eigenvalue weighted by atomic mass is 35.5. The SMILES string of the molecule is O=C(c1cccc(C(F)(F)F)c1Cl)N1CCC2=C(C1)NNN2c1cnccn1. The third kappa shape index (κ3) is 3.25. The van der Waals surface area contributed by atoms with Crippen LogP contribution in [0.4, 0.5) is 19.0 Å². The predicted octanol–water partition coefficient (Wildman–Crippen LogP) is 2.74. The smallest absolute Gasteiger partial charge is 0.332 e. The van der Waals surface area contributed by atoms with Crippen molar-refractivity contribution in [1.82, 2.24) is 25.8 Å². The Labute approximate surface area is 162 Å². The molecule has 146 valence electrons. The van der Waals surface area contributed by atoms with Gasteiger partial charge in [-0.15, -0.1) is 5.53 Å². The van der Waals surface area contributed by atoms with E-state index in [0.29, 0.717) is 18.8 Å². The number of aromatic nitrogens is 2. The van der Waals surface area contributed by atoms with E-state index in [1.54, 1.807) is 23.6 Å². The number of anilines is 1. The molecule has 2 aliphatic rings. The third-order valence-corrected chi connectivity index (χ3v) is 4.91. The van der Waals surface area contributed by atoms with E-state index in [4.69, 9.17) is 11.6 Å². The minimum atomic E-state index is -4.63. The molecule has 0 saturated heterocycles. The summed E-state index contributed by atoms with van der Waals surface area (Å²) in [4.78, 5) is 22.5. The largest absolute Gasteiger partial charge is 0.417 e. The van der Waals surface area contributed by atoms with Crippen LogP contribution < -0.4 is 16.0 Å². The van der Waals surface area contributed by atoms with Crippen LogP contribution in [0.15, 0.2) is 48.2 Å². The average Bonchev–Trinajstić information content (AvgIpc) is 3.10. The highest BCUT2D eigenvalue weighted by Crippen LogP contribution is 2.37. The van der Waals surface area contributed by atoms with Gasteiger partial charge in [-0.3, -0.25) is 9.78 Å². The first-order chi connectivity index (χ1) is 13.4. The topological polar surface area (TPSA) is 73.4 Å². The monoisotopic (exact) mass is 410 g/mol. The molecule has 0 spiro atoms. The van der Waals surface area contributed by atoms with Gasteiger partial charge in [-0.05, 0) is 12.1 Å². The van der Waals surface area contributed by atoms with Gasteiger partial charge in [-0.25, -0.2) is 9.99 Å². The molecule has 3 heterocycles. The fourth-order valence-electron chi connectivity index (χ4n) is 3.16. The molecule has 4 rings (SSSR count). The van der Waals surface area contributed by atoms with E-state index in [9.17, 15) is 18.0 Å². The van der Waals surface area contributed by atoms with Crippen molar-refractivity contribution in [3.8, 4) is 0 Å². The number of halogens is 4. The van der Waals surface area contributed by atoms with Gasteiger partial charge < -0.3 is 10.3 Å². The Morgan fingerprint density at radius 3 is 2.79 bits per heavy atom. The van der Waals surface area contributed by atoms with Crippen LogP contribution in [0, 0.1) is 0 Å². The number of amides is 1. The summed E-state index contributed by atoms with van der Waals surface area (Å²) in [5.74, 6) is 0.0307. The highest BCUT2D eigenvalue weighted by molar-refractivity contribution is 6.34. The predicted molar refractivity (Wildman–Crippen MR) is 94.8 cm³/mol. The van der Waals surface area contributed by atoms with Gasteiger partial charge in [0, 0.05) is 25.4 Å². The Bertz CT molecular complexity index is 950. The summed E-state index contributed by atoms with van der Waals surface area (Å²) in [6.07, 6.45) is 0.560. The molecule has 0 unspecified atom stereocenters. The van der Waals surface area contributed by atoms with Crippen LogP contribution in [0.25, 0.3) is 0 Å². The lowest BCUT2D eigenvalue weighted by Gasteiger charge is -2.29. The molecule has 7 nitrogen and oxygen atoms in total. The number of hydrogen-bond donors (Lipinski definition) is 2. The van der Waals surface area contributed by atoms with Crippen molar-refractivity contribution in [3.63, 3.8) is 0 Å². The molecule has 0 saturated carbocycles. The summed E-state index contributed by atoms with van der Waals surface area (Å²) in [6, 6.07) is 3.34. The maximum absolute atomic E-state index is 13.1. The standard InChI is InChI=1S/C17H14ClF3N6O/c18-15-10(2-1-3-11(15)17(19,20)21)16(28)26-7-4-13-12(9-26)24-25-27(13)14-8-22-5-6-23-14/h1-3,5-6,8,24-25H,4,7,9H2. The Kier molecular flexibility index (Phi) is 4.60. The minimum absolute atomic E-state index is 0.169. The van der Waals surface area contributed by atoms with Gasteiger partial charge in [0.05, 0.1) is 40.3 Å². The van der Waals surface area contributed by atoms with E-state index in [1.807, 2.05) is 0 Å². The number of carbonyl (C=O) groups is 1. The van der Waals surface area contributed by atoms with Crippen LogP contribution in [0.5, 0.6) is 0 Å². The van der Waals surface area contributed by atoms with Gasteiger partial charge in [0.1, 0.15) is 0 Å². The fraction of sp³-hybridized carbons (Fsp3) is 0.235. The van der Waals surface area contributed by atoms with Gasteiger partial charge in [0.25, 0.3) is 5.91 Å². The summed E-state index contributed by atoms with van der Waals surface area (Å²) >= 11 is 5.89. The third-order valence-electron chi connectivity index (χ3n) is 4.50. The molecule has 1 aromatic carbocycles. The first-order valence-corrected chi connectivity index (χ1v) is 8.69. The first kappa shape index (κ1) is 18.5. The van der Waals surface area contributed by atoms with Gasteiger partial charge in [-0.2, -0.15) is 13.2 Å². The lowest BCUT2D eigenvalue weighted by atomic mass is 10.1. The van der Waals surface area contributed by atoms with Crippen molar-refractivity contribution in [1.29, 1.82) is 0 Å². The second-order valence-electron chi connectivity index (χ2n) is 6.20. The first-order valence-electron chi connectivity index (χ1n) is 8.31. The zero-order chi connectivity index (χ0) is 19.9. The summed E-state index contributed by atoms with van der Waals surface area (Å²) in [5, 5.41) is 1.14. The summed E-state index contributed by atoms with van der Waals surface area (Å²) in [7, 11) is 0. The number of nitrogens with one attached hydrogen (secondary N) is 2. The number of alkyl halides is 3. The molecular formula is C17H14ClF3N6O. The summed E-state index contributed by atoms with van der Waals surface area (Å²) < 4.78 is 39.2. The molecule has 11 heteroatoms. The second-order valence-corrected chi connectivity index (χ2v) is 6.58. The van der Waals surface area contributed by atoms with E-state index in [0.717, 1.165) is 17.5 Å². The van der Waals surface area contributed by atoms with Gasteiger partial charge in [0.2, 0.25) is 0 Å². The summed E-state index contributed by atoms with van der Waals surface area (Å²) in [5.41, 5.74) is 6.35. The highest BCUT2D eigenvalue weighted by Gasteiger charge is 2.36. The van der Waals surface area contributed by atoms with Crippen molar-refractivity contribution < 1.29 is 18.0 Å². The molecule has 0 atom stereocenters.